The summed E-state index contributed by atoms with van der Waals surface area (Å²) in [5, 5.41) is 18.2. The number of aromatic carboxylic acids is 1. The van der Waals surface area contributed by atoms with Crippen LogP contribution in [0.2, 0.25) is 0 Å². The van der Waals surface area contributed by atoms with E-state index in [9.17, 15) is 18.3 Å². The van der Waals surface area contributed by atoms with Crippen molar-refractivity contribution in [1.82, 2.24) is 0 Å². The molecule has 7 heteroatoms. The normalized spacial score (nSPS) is 11.0. The maximum atomic E-state index is 12.0. The molecule has 6 nitrogen and oxygen atoms in total. The van der Waals surface area contributed by atoms with Crippen molar-refractivity contribution in [1.29, 1.82) is 0 Å². The van der Waals surface area contributed by atoms with Crippen LogP contribution < -0.4 is 4.72 Å². The molecule has 2 rings (SSSR count). The molecule has 2 aromatic carbocycles. The van der Waals surface area contributed by atoms with Gasteiger partial charge in [0.15, 0.2) is 0 Å². The van der Waals surface area contributed by atoms with Gasteiger partial charge in [-0.1, -0.05) is 18.2 Å². The molecule has 0 fully saturated rings. The summed E-state index contributed by atoms with van der Waals surface area (Å²) in [6.45, 7) is 0. The van der Waals surface area contributed by atoms with Gasteiger partial charge in [0, 0.05) is 6.07 Å². The number of carbonyl (C=O) groups is 1. The van der Waals surface area contributed by atoms with E-state index in [-0.39, 0.29) is 22.8 Å². The maximum absolute atomic E-state index is 12.0. The summed E-state index contributed by atoms with van der Waals surface area (Å²) < 4.78 is 26.4. The molecule has 0 saturated heterocycles. The molecule has 0 aliphatic rings. The third-order valence-electron chi connectivity index (χ3n) is 2.65. The number of nitrogens with one attached hydrogen (secondary N) is 1. The molecule has 0 aliphatic carbocycles. The van der Waals surface area contributed by atoms with Crippen molar-refractivity contribution >= 4 is 21.7 Å². The van der Waals surface area contributed by atoms with E-state index in [0.29, 0.717) is 5.56 Å². The van der Waals surface area contributed by atoms with Gasteiger partial charge in [-0.2, -0.15) is 0 Å². The summed E-state index contributed by atoms with van der Waals surface area (Å²) in [5.41, 5.74) is 0.631. The van der Waals surface area contributed by atoms with Crippen molar-refractivity contribution in [3.05, 3.63) is 59.7 Å². The van der Waals surface area contributed by atoms with Crippen molar-refractivity contribution in [2.45, 2.75) is 5.75 Å². The number of sulfonamides is 1. The SMILES string of the molecule is O=C(O)c1cccc(CS(=O)(=O)Nc2cccc(O)c2)c1. The molecule has 21 heavy (non-hydrogen) atoms. The molecule has 0 bridgehead atoms. The monoisotopic (exact) mass is 307 g/mol. The second-order valence-corrected chi connectivity index (χ2v) is 6.14. The molecule has 0 saturated carbocycles. The fourth-order valence-electron chi connectivity index (χ4n) is 1.80. The molecule has 0 heterocycles. The highest BCUT2D eigenvalue weighted by molar-refractivity contribution is 7.91. The van der Waals surface area contributed by atoms with Crippen LogP contribution in [0.3, 0.4) is 0 Å². The fraction of sp³-hybridized carbons (Fsp3) is 0.0714. The number of phenols is 1. The fourth-order valence-corrected chi connectivity index (χ4v) is 2.98. The number of aromatic hydroxyl groups is 1. The highest BCUT2D eigenvalue weighted by Gasteiger charge is 2.13. The standard InChI is InChI=1S/C14H13NO5S/c16-13-6-2-5-12(8-13)15-21(19,20)9-10-3-1-4-11(7-10)14(17)18/h1-8,15-16H,9H2,(H,17,18). The molecule has 0 atom stereocenters. The zero-order valence-corrected chi connectivity index (χ0v) is 11.7. The molecule has 110 valence electrons. The summed E-state index contributed by atoms with van der Waals surface area (Å²) in [6.07, 6.45) is 0. The first-order valence-corrected chi connectivity index (χ1v) is 7.63. The number of carboxylic acid groups (broad SMARTS) is 1. The van der Waals surface area contributed by atoms with Crippen LogP contribution in [0.15, 0.2) is 48.5 Å². The smallest absolute Gasteiger partial charge is 0.335 e. The summed E-state index contributed by atoms with van der Waals surface area (Å²) in [7, 11) is -3.70. The van der Waals surface area contributed by atoms with Crippen molar-refractivity contribution in [2.24, 2.45) is 0 Å². The number of hydrogen-bond donors (Lipinski definition) is 3. The van der Waals surface area contributed by atoms with Gasteiger partial charge in [0.05, 0.1) is 17.0 Å². The first-order valence-electron chi connectivity index (χ1n) is 5.97. The summed E-state index contributed by atoms with van der Waals surface area (Å²) in [6, 6.07) is 11.4. The topological polar surface area (TPSA) is 104 Å². The van der Waals surface area contributed by atoms with E-state index in [0.717, 1.165) is 0 Å². The van der Waals surface area contributed by atoms with Gasteiger partial charge in [0.2, 0.25) is 10.0 Å². The maximum Gasteiger partial charge on any atom is 0.335 e. The Balaban J connectivity index is 2.18. The summed E-state index contributed by atoms with van der Waals surface area (Å²) in [4.78, 5) is 10.9. The Labute approximate surface area is 121 Å². The van der Waals surface area contributed by atoms with E-state index < -0.39 is 16.0 Å². The number of benzene rings is 2. The predicted molar refractivity (Wildman–Crippen MR) is 77.8 cm³/mol. The predicted octanol–water partition coefficient (Wildman–Crippen LogP) is 2.03. The van der Waals surface area contributed by atoms with Crippen LogP contribution in [0.4, 0.5) is 5.69 Å². The van der Waals surface area contributed by atoms with Gasteiger partial charge in [-0.3, -0.25) is 4.72 Å². The summed E-state index contributed by atoms with van der Waals surface area (Å²) >= 11 is 0. The summed E-state index contributed by atoms with van der Waals surface area (Å²) in [5.74, 6) is -1.53. The number of rotatable bonds is 5. The Morgan fingerprint density at radius 3 is 2.48 bits per heavy atom. The van der Waals surface area contributed by atoms with Crippen LogP contribution in [-0.2, 0) is 15.8 Å². The van der Waals surface area contributed by atoms with Crippen LogP contribution in [0.25, 0.3) is 0 Å². The van der Waals surface area contributed by atoms with Crippen LogP contribution in [0.5, 0.6) is 5.75 Å². The molecule has 3 N–H and O–H groups in total. The minimum absolute atomic E-state index is 0.0278. The second kappa shape index (κ2) is 5.84. The lowest BCUT2D eigenvalue weighted by molar-refractivity contribution is 0.0696. The van der Waals surface area contributed by atoms with E-state index in [1.807, 2.05) is 0 Å². The molecule has 0 aliphatic heterocycles. The molecule has 0 unspecified atom stereocenters. The van der Waals surface area contributed by atoms with Crippen molar-refractivity contribution in [3.8, 4) is 5.75 Å². The zero-order chi connectivity index (χ0) is 15.5. The molecular weight excluding hydrogens is 294 g/mol. The first kappa shape index (κ1) is 14.9. The molecule has 0 aromatic heterocycles. The van der Waals surface area contributed by atoms with Gasteiger partial charge in [0.1, 0.15) is 5.75 Å². The van der Waals surface area contributed by atoms with E-state index in [4.69, 9.17) is 5.11 Å². The largest absolute Gasteiger partial charge is 0.508 e. The number of hydrogen-bond acceptors (Lipinski definition) is 4. The Kier molecular flexibility index (Phi) is 4.13. The van der Waals surface area contributed by atoms with Gasteiger partial charge in [-0.15, -0.1) is 0 Å². The number of carboxylic acids is 1. The number of anilines is 1. The van der Waals surface area contributed by atoms with Crippen molar-refractivity contribution in [3.63, 3.8) is 0 Å². The molecule has 0 spiro atoms. The van der Waals surface area contributed by atoms with Gasteiger partial charge in [-0.05, 0) is 29.8 Å². The lowest BCUT2D eigenvalue weighted by atomic mass is 10.1. The Morgan fingerprint density at radius 1 is 1.10 bits per heavy atom. The van der Waals surface area contributed by atoms with Crippen molar-refractivity contribution in [2.75, 3.05) is 4.72 Å². The second-order valence-electron chi connectivity index (χ2n) is 4.42. The molecule has 0 radical (unpaired) electrons. The van der Waals surface area contributed by atoms with Gasteiger partial charge in [0.25, 0.3) is 0 Å². The van der Waals surface area contributed by atoms with Gasteiger partial charge < -0.3 is 10.2 Å². The van der Waals surface area contributed by atoms with Crippen LogP contribution in [0, 0.1) is 0 Å². The number of phenolic OH excluding ortho intramolecular Hbond substituents is 1. The Morgan fingerprint density at radius 2 is 1.81 bits per heavy atom. The minimum Gasteiger partial charge on any atom is -0.508 e. The average molecular weight is 307 g/mol. The van der Waals surface area contributed by atoms with E-state index in [1.54, 1.807) is 0 Å². The third kappa shape index (κ3) is 4.22. The zero-order valence-electron chi connectivity index (χ0n) is 10.9. The van der Waals surface area contributed by atoms with Gasteiger partial charge >= 0.3 is 5.97 Å². The molecular formula is C14H13NO5S. The lowest BCUT2D eigenvalue weighted by Gasteiger charge is -2.08. The first-order chi connectivity index (χ1) is 9.85. The molecule has 0 amide bonds. The lowest BCUT2D eigenvalue weighted by Crippen LogP contribution is -2.15. The van der Waals surface area contributed by atoms with Crippen LogP contribution in [0.1, 0.15) is 15.9 Å². The molecule has 2 aromatic rings. The quantitative estimate of drug-likeness (QED) is 0.784. The highest BCUT2D eigenvalue weighted by Crippen LogP contribution is 2.18. The highest BCUT2D eigenvalue weighted by atomic mass is 32.2. The van der Waals surface area contributed by atoms with E-state index in [2.05, 4.69) is 4.72 Å². The minimum atomic E-state index is -3.70. The Bertz CT molecular complexity index is 770. The third-order valence-corrected chi connectivity index (χ3v) is 3.91. The van der Waals surface area contributed by atoms with E-state index >= 15 is 0 Å². The van der Waals surface area contributed by atoms with Crippen molar-refractivity contribution < 1.29 is 23.4 Å². The van der Waals surface area contributed by atoms with Crippen LogP contribution in [-0.4, -0.2) is 24.6 Å². The Hall–Kier alpha value is -2.54. The van der Waals surface area contributed by atoms with E-state index in [1.165, 1.54) is 48.5 Å². The van der Waals surface area contributed by atoms with Crippen LogP contribution >= 0.6 is 0 Å². The average Bonchev–Trinajstić information content (AvgIpc) is 2.37. The van der Waals surface area contributed by atoms with Gasteiger partial charge in [-0.25, -0.2) is 13.2 Å².